The van der Waals surface area contributed by atoms with Crippen LogP contribution in [-0.2, 0) is 26.6 Å². The van der Waals surface area contributed by atoms with Gasteiger partial charge in [-0.1, -0.05) is 18.2 Å². The maximum atomic E-state index is 12.2. The predicted octanol–water partition coefficient (Wildman–Crippen LogP) is 6.83. The summed E-state index contributed by atoms with van der Waals surface area (Å²) < 4.78 is 45.1. The molecule has 0 bridgehead atoms. The van der Waals surface area contributed by atoms with Crippen molar-refractivity contribution in [3.05, 3.63) is 40.2 Å². The lowest BCUT2D eigenvalue weighted by Gasteiger charge is -2.34. The van der Waals surface area contributed by atoms with E-state index in [1.807, 2.05) is 68.4 Å². The maximum Gasteiger partial charge on any atom is 0.500 e. The molecule has 0 aliphatic carbocycles. The van der Waals surface area contributed by atoms with Crippen LogP contribution in [0.25, 0.3) is 11.0 Å². The van der Waals surface area contributed by atoms with Gasteiger partial charge in [0.25, 0.3) is 0 Å². The molecular formula is C34H60N2O12Si2. The number of nitrogens with zero attached hydrogens (tertiary/aromatic N) is 1. The van der Waals surface area contributed by atoms with Crippen molar-refractivity contribution < 1.29 is 50.4 Å². The molecule has 0 fully saturated rings. The number of benzene rings is 1. The van der Waals surface area contributed by atoms with E-state index in [2.05, 4.69) is 5.32 Å². The van der Waals surface area contributed by atoms with Crippen LogP contribution in [0.1, 0.15) is 80.7 Å². The Balaban J connectivity index is 0.000000530. The van der Waals surface area contributed by atoms with Crippen LogP contribution in [0.2, 0.25) is 12.1 Å². The lowest BCUT2D eigenvalue weighted by atomic mass is 10.1. The van der Waals surface area contributed by atoms with Gasteiger partial charge in [0.15, 0.2) is 0 Å². The lowest BCUT2D eigenvalue weighted by molar-refractivity contribution is 0.0666. The van der Waals surface area contributed by atoms with Crippen LogP contribution in [0.4, 0.5) is 9.59 Å². The molecule has 14 nitrogen and oxygen atoms in total. The van der Waals surface area contributed by atoms with Crippen LogP contribution >= 0.6 is 0 Å². The molecule has 0 saturated carbocycles. The van der Waals surface area contributed by atoms with E-state index in [9.17, 15) is 19.5 Å². The molecule has 0 atom stereocenters. The van der Waals surface area contributed by atoms with Crippen LogP contribution in [0, 0.1) is 6.92 Å². The minimum atomic E-state index is -2.75. The summed E-state index contributed by atoms with van der Waals surface area (Å²) in [4.78, 5) is 37.1. The van der Waals surface area contributed by atoms with E-state index in [-0.39, 0.29) is 5.75 Å². The van der Waals surface area contributed by atoms with Gasteiger partial charge in [-0.15, -0.1) is 0 Å². The van der Waals surface area contributed by atoms with Gasteiger partial charge in [-0.2, -0.15) is 0 Å². The molecule has 286 valence electrons. The Bertz CT molecular complexity index is 1320. The number of para-hydroxylation sites is 1. The molecule has 2 N–H and O–H groups in total. The van der Waals surface area contributed by atoms with Gasteiger partial charge >= 0.3 is 35.4 Å². The first kappa shape index (κ1) is 45.2. The van der Waals surface area contributed by atoms with Gasteiger partial charge in [0, 0.05) is 81.3 Å². The monoisotopic (exact) mass is 744 g/mol. The average molecular weight is 745 g/mol. The molecule has 1 heterocycles. The molecule has 1 aromatic carbocycles. The Labute approximate surface area is 299 Å². The van der Waals surface area contributed by atoms with Gasteiger partial charge in [0.05, 0.1) is 0 Å². The minimum Gasteiger partial charge on any atom is -0.465 e. The van der Waals surface area contributed by atoms with Crippen molar-refractivity contribution in [3.8, 4) is 5.75 Å². The third-order valence-electron chi connectivity index (χ3n) is 7.23. The smallest absolute Gasteiger partial charge is 0.465 e. The molecule has 0 radical (unpaired) electrons. The normalized spacial score (nSPS) is 12.0. The van der Waals surface area contributed by atoms with Gasteiger partial charge < -0.3 is 51.0 Å². The van der Waals surface area contributed by atoms with E-state index >= 15 is 0 Å². The summed E-state index contributed by atoms with van der Waals surface area (Å²) in [7, 11) is -5.42. The highest BCUT2D eigenvalue weighted by Gasteiger charge is 2.41. The molecule has 0 aliphatic rings. The molecule has 2 rings (SSSR count). The SMILES string of the molecule is CCO[Si](CCCN(C(=O)O)C(C)(C)C)(OCC)OCC.CCO[Si](CCCNC(=O)Oc1c(C)c2ccccc2oc1=O)(OCC)OCC. The number of amides is 2. The van der Waals surface area contributed by atoms with Crippen molar-refractivity contribution in [2.45, 2.75) is 99.7 Å². The van der Waals surface area contributed by atoms with Crippen molar-refractivity contribution in [3.63, 3.8) is 0 Å². The topological polar surface area (TPSA) is 164 Å². The number of hydrogen-bond acceptors (Lipinski definition) is 11. The Morgan fingerprint density at radius 2 is 1.26 bits per heavy atom. The van der Waals surface area contributed by atoms with E-state index in [0.29, 0.717) is 88.8 Å². The second-order valence-electron chi connectivity index (χ2n) is 11.9. The average Bonchev–Trinajstić information content (AvgIpc) is 3.04. The van der Waals surface area contributed by atoms with Crippen molar-refractivity contribution in [2.24, 2.45) is 0 Å². The fourth-order valence-electron chi connectivity index (χ4n) is 5.20. The largest absolute Gasteiger partial charge is 0.500 e. The number of carbonyl (C=O) groups is 2. The van der Waals surface area contributed by atoms with Gasteiger partial charge in [0.2, 0.25) is 5.75 Å². The maximum absolute atomic E-state index is 12.2. The molecule has 0 aliphatic heterocycles. The molecule has 16 heteroatoms. The standard InChI is InChI=1S/C20H29NO7Si.C14H31NO5Si/c1-5-24-29(25-6-2,26-7-3)14-10-13-21-20(23)28-18-15(4)16-11-8-9-12-17(16)27-19(18)22;1-7-18-21(19-8-2,20-9-3)12-10-11-15(13(16)17)14(4,5)6/h8-9,11-12H,5-7,10,13-14H2,1-4H3,(H,21,23);7-12H2,1-6H3,(H,16,17). The first-order valence-corrected chi connectivity index (χ1v) is 21.4. The Hall–Kier alpha value is -2.84. The Morgan fingerprint density at radius 3 is 1.70 bits per heavy atom. The van der Waals surface area contributed by atoms with Crippen LogP contribution < -0.4 is 15.7 Å². The minimum absolute atomic E-state index is 0.108. The highest BCUT2D eigenvalue weighted by Crippen LogP contribution is 2.24. The summed E-state index contributed by atoms with van der Waals surface area (Å²) in [6.07, 6.45) is -0.367. The van der Waals surface area contributed by atoms with Crippen LogP contribution in [-0.4, -0.2) is 98.1 Å². The molecule has 1 aromatic heterocycles. The fourth-order valence-corrected chi connectivity index (χ4v) is 10.4. The summed E-state index contributed by atoms with van der Waals surface area (Å²) in [5.41, 5.74) is -0.0973. The fraction of sp³-hybridized carbons (Fsp3) is 0.676. The van der Waals surface area contributed by atoms with E-state index in [4.69, 9.17) is 35.7 Å². The van der Waals surface area contributed by atoms with Gasteiger partial charge in [-0.3, -0.25) is 0 Å². The summed E-state index contributed by atoms with van der Waals surface area (Å²) in [6.45, 7) is 22.7. The van der Waals surface area contributed by atoms with Crippen LogP contribution in [0.5, 0.6) is 5.75 Å². The van der Waals surface area contributed by atoms with E-state index in [0.717, 1.165) is 5.39 Å². The Kier molecular flexibility index (Phi) is 20.7. The van der Waals surface area contributed by atoms with Crippen molar-refractivity contribution in [1.29, 1.82) is 0 Å². The van der Waals surface area contributed by atoms with Crippen molar-refractivity contribution in [1.82, 2.24) is 10.2 Å². The summed E-state index contributed by atoms with van der Waals surface area (Å²) in [5, 5.41) is 12.7. The zero-order valence-corrected chi connectivity index (χ0v) is 33.7. The number of rotatable bonds is 21. The van der Waals surface area contributed by atoms with E-state index < -0.39 is 41.0 Å². The van der Waals surface area contributed by atoms with Crippen molar-refractivity contribution >= 4 is 40.8 Å². The quantitative estimate of drug-likeness (QED) is 0.0779. The first-order chi connectivity index (χ1) is 23.7. The van der Waals surface area contributed by atoms with Crippen LogP contribution in [0.3, 0.4) is 0 Å². The molecule has 50 heavy (non-hydrogen) atoms. The highest BCUT2D eigenvalue weighted by molar-refractivity contribution is 6.61. The van der Waals surface area contributed by atoms with Crippen LogP contribution in [0.15, 0.2) is 33.5 Å². The predicted molar refractivity (Wildman–Crippen MR) is 196 cm³/mol. The zero-order valence-electron chi connectivity index (χ0n) is 31.7. The second kappa shape index (κ2) is 22.9. The summed E-state index contributed by atoms with van der Waals surface area (Å²) >= 11 is 0. The number of fused-ring (bicyclic) bond motifs is 1. The molecule has 0 saturated heterocycles. The number of carbonyl (C=O) groups excluding carboxylic acids is 1. The Morgan fingerprint density at radius 1 is 0.800 bits per heavy atom. The molecule has 2 aromatic rings. The second-order valence-corrected chi connectivity index (χ2v) is 17.4. The van der Waals surface area contributed by atoms with E-state index in [1.54, 1.807) is 25.1 Å². The van der Waals surface area contributed by atoms with E-state index in [1.165, 1.54) is 4.90 Å². The first-order valence-electron chi connectivity index (χ1n) is 17.5. The summed E-state index contributed by atoms with van der Waals surface area (Å²) in [6, 6.07) is 8.29. The number of aryl methyl sites for hydroxylation is 1. The van der Waals surface area contributed by atoms with Gasteiger partial charge in [0.1, 0.15) is 5.58 Å². The lowest BCUT2D eigenvalue weighted by Crippen LogP contribution is -2.48. The highest BCUT2D eigenvalue weighted by atomic mass is 28.4. The number of nitrogens with one attached hydrogen (secondary N) is 1. The molecular weight excluding hydrogens is 685 g/mol. The van der Waals surface area contributed by atoms with Crippen molar-refractivity contribution in [2.75, 3.05) is 52.7 Å². The third kappa shape index (κ3) is 14.8. The molecule has 2 amide bonds. The molecule has 0 unspecified atom stereocenters. The summed E-state index contributed by atoms with van der Waals surface area (Å²) in [5.74, 6) is -0.108. The number of ether oxygens (including phenoxy) is 1. The third-order valence-corrected chi connectivity index (χ3v) is 13.5. The van der Waals surface area contributed by atoms with Gasteiger partial charge in [-0.05, 0) is 88.1 Å². The zero-order chi connectivity index (χ0) is 37.8. The molecule has 0 spiro atoms. The number of carboxylic acid groups (broad SMARTS) is 1. The van der Waals surface area contributed by atoms with Gasteiger partial charge in [-0.25, -0.2) is 14.4 Å². The number of hydrogen-bond donors (Lipinski definition) is 2.